The van der Waals surface area contributed by atoms with Gasteiger partial charge in [0.25, 0.3) is 0 Å². The first kappa shape index (κ1) is 12.1. The standard InChI is InChI=1S/C8H17N5O2/c1-13-8(5-10-12-13)7(11-9)6-15-4-3-14-2/h5,7,11H,3-4,6,9H2,1-2H3. The second-order valence-electron chi connectivity index (χ2n) is 3.07. The van der Waals surface area contributed by atoms with Gasteiger partial charge in [0.1, 0.15) is 0 Å². The van der Waals surface area contributed by atoms with E-state index in [-0.39, 0.29) is 6.04 Å². The lowest BCUT2D eigenvalue weighted by Crippen LogP contribution is -2.33. The highest BCUT2D eigenvalue weighted by Crippen LogP contribution is 2.08. The number of methoxy groups -OCH3 is 1. The maximum atomic E-state index is 5.42. The van der Waals surface area contributed by atoms with Gasteiger partial charge in [-0.2, -0.15) is 0 Å². The molecule has 1 heterocycles. The Morgan fingerprint density at radius 2 is 2.40 bits per heavy atom. The van der Waals surface area contributed by atoms with Gasteiger partial charge in [-0.1, -0.05) is 5.21 Å². The van der Waals surface area contributed by atoms with Crippen molar-refractivity contribution in [3.63, 3.8) is 0 Å². The van der Waals surface area contributed by atoms with Crippen LogP contribution in [0.15, 0.2) is 6.20 Å². The minimum Gasteiger partial charge on any atom is -0.382 e. The molecule has 0 aliphatic rings. The van der Waals surface area contributed by atoms with Crippen LogP contribution in [0.3, 0.4) is 0 Å². The van der Waals surface area contributed by atoms with E-state index in [2.05, 4.69) is 15.7 Å². The zero-order valence-electron chi connectivity index (χ0n) is 9.01. The Bertz CT molecular complexity index is 278. The van der Waals surface area contributed by atoms with Crippen molar-refractivity contribution in [1.29, 1.82) is 0 Å². The smallest absolute Gasteiger partial charge is 0.0878 e. The van der Waals surface area contributed by atoms with Crippen molar-refractivity contribution in [3.8, 4) is 0 Å². The van der Waals surface area contributed by atoms with Crippen LogP contribution < -0.4 is 11.3 Å². The van der Waals surface area contributed by atoms with Gasteiger partial charge in [0.15, 0.2) is 0 Å². The highest BCUT2D eigenvalue weighted by atomic mass is 16.5. The molecule has 1 unspecified atom stereocenters. The quantitative estimate of drug-likeness (QED) is 0.344. The number of hydrogen-bond donors (Lipinski definition) is 2. The summed E-state index contributed by atoms with van der Waals surface area (Å²) in [4.78, 5) is 0. The zero-order chi connectivity index (χ0) is 11.1. The van der Waals surface area contributed by atoms with Gasteiger partial charge in [-0.15, -0.1) is 5.10 Å². The maximum Gasteiger partial charge on any atom is 0.0878 e. The second kappa shape index (κ2) is 6.46. The predicted octanol–water partition coefficient (Wildman–Crippen LogP) is -1.02. The molecule has 7 heteroatoms. The van der Waals surface area contributed by atoms with Gasteiger partial charge < -0.3 is 9.47 Å². The third-order valence-corrected chi connectivity index (χ3v) is 2.02. The Kier molecular flexibility index (Phi) is 5.19. The highest BCUT2D eigenvalue weighted by molar-refractivity contribution is 5.01. The normalized spacial score (nSPS) is 13.0. The molecule has 0 aliphatic heterocycles. The van der Waals surface area contributed by atoms with E-state index in [9.17, 15) is 0 Å². The van der Waals surface area contributed by atoms with Gasteiger partial charge in [0.2, 0.25) is 0 Å². The van der Waals surface area contributed by atoms with Crippen LogP contribution in [-0.4, -0.2) is 41.9 Å². The van der Waals surface area contributed by atoms with Gasteiger partial charge in [0, 0.05) is 14.2 Å². The lowest BCUT2D eigenvalue weighted by atomic mass is 10.2. The molecule has 1 aromatic rings. The average molecular weight is 215 g/mol. The van der Waals surface area contributed by atoms with Gasteiger partial charge in [-0.3, -0.25) is 10.5 Å². The summed E-state index contributed by atoms with van der Waals surface area (Å²) in [5, 5.41) is 7.59. The van der Waals surface area contributed by atoms with Crippen LogP contribution in [0, 0.1) is 0 Å². The number of hydrogen-bond acceptors (Lipinski definition) is 6. The van der Waals surface area contributed by atoms with E-state index in [1.165, 1.54) is 0 Å². The van der Waals surface area contributed by atoms with Gasteiger partial charge in [0.05, 0.1) is 37.8 Å². The molecule has 86 valence electrons. The molecule has 0 saturated carbocycles. The molecule has 3 N–H and O–H groups in total. The topological polar surface area (TPSA) is 87.2 Å². The van der Waals surface area contributed by atoms with Crippen molar-refractivity contribution in [2.45, 2.75) is 6.04 Å². The molecule has 15 heavy (non-hydrogen) atoms. The van der Waals surface area contributed by atoms with Crippen molar-refractivity contribution in [1.82, 2.24) is 20.4 Å². The van der Waals surface area contributed by atoms with Crippen molar-refractivity contribution >= 4 is 0 Å². The summed E-state index contributed by atoms with van der Waals surface area (Å²) in [6, 6.07) is -0.109. The number of nitrogens with one attached hydrogen (secondary N) is 1. The van der Waals surface area contributed by atoms with Crippen LogP contribution in [0.5, 0.6) is 0 Å². The molecule has 0 radical (unpaired) electrons. The Hall–Kier alpha value is -1.02. The SMILES string of the molecule is COCCOCC(NN)c1cnnn1C. The summed E-state index contributed by atoms with van der Waals surface area (Å²) in [6.07, 6.45) is 1.66. The zero-order valence-corrected chi connectivity index (χ0v) is 9.01. The Morgan fingerprint density at radius 1 is 1.60 bits per heavy atom. The number of nitrogens with two attached hydrogens (primary N) is 1. The molecule has 0 saturated heterocycles. The molecule has 1 rings (SSSR count). The van der Waals surface area contributed by atoms with Crippen molar-refractivity contribution in [2.24, 2.45) is 12.9 Å². The third kappa shape index (κ3) is 3.56. The molecular weight excluding hydrogens is 198 g/mol. The largest absolute Gasteiger partial charge is 0.382 e. The van der Waals surface area contributed by atoms with Crippen molar-refractivity contribution < 1.29 is 9.47 Å². The van der Waals surface area contributed by atoms with Crippen LogP contribution in [-0.2, 0) is 16.5 Å². The lowest BCUT2D eigenvalue weighted by molar-refractivity contribution is 0.0575. The van der Waals surface area contributed by atoms with E-state index in [1.54, 1.807) is 18.0 Å². The number of hydrazine groups is 1. The molecular formula is C8H17N5O2. The fourth-order valence-electron chi connectivity index (χ4n) is 1.18. The monoisotopic (exact) mass is 215 g/mol. The van der Waals surface area contributed by atoms with E-state index in [0.29, 0.717) is 19.8 Å². The predicted molar refractivity (Wildman–Crippen MR) is 53.8 cm³/mol. The first-order valence-corrected chi connectivity index (χ1v) is 4.67. The van der Waals surface area contributed by atoms with Crippen molar-refractivity contribution in [3.05, 3.63) is 11.9 Å². The van der Waals surface area contributed by atoms with Crippen molar-refractivity contribution in [2.75, 3.05) is 26.9 Å². The maximum absolute atomic E-state index is 5.42. The summed E-state index contributed by atoms with van der Waals surface area (Å²) in [7, 11) is 3.44. The van der Waals surface area contributed by atoms with E-state index < -0.39 is 0 Å². The molecule has 1 aromatic heterocycles. The number of ether oxygens (including phenoxy) is 2. The van der Waals surface area contributed by atoms with Gasteiger partial charge in [-0.25, -0.2) is 5.43 Å². The first-order valence-electron chi connectivity index (χ1n) is 4.67. The second-order valence-corrected chi connectivity index (χ2v) is 3.07. The fraction of sp³-hybridized carbons (Fsp3) is 0.750. The molecule has 0 amide bonds. The summed E-state index contributed by atoms with van der Waals surface area (Å²) in [5.41, 5.74) is 3.54. The molecule has 7 nitrogen and oxygen atoms in total. The summed E-state index contributed by atoms with van der Waals surface area (Å²) >= 11 is 0. The van der Waals surface area contributed by atoms with Gasteiger partial charge >= 0.3 is 0 Å². The molecule has 0 aliphatic carbocycles. The van der Waals surface area contributed by atoms with E-state index in [1.807, 2.05) is 7.05 Å². The van der Waals surface area contributed by atoms with E-state index >= 15 is 0 Å². The molecule has 0 aromatic carbocycles. The minimum atomic E-state index is -0.109. The molecule has 0 bridgehead atoms. The van der Waals surface area contributed by atoms with Crippen LogP contribution in [0.25, 0.3) is 0 Å². The number of nitrogens with zero attached hydrogens (tertiary/aromatic N) is 3. The summed E-state index contributed by atoms with van der Waals surface area (Å²) in [6.45, 7) is 1.57. The van der Waals surface area contributed by atoms with Crippen LogP contribution in [0.4, 0.5) is 0 Å². The fourth-order valence-corrected chi connectivity index (χ4v) is 1.18. The molecule has 1 atom stereocenters. The number of aromatic nitrogens is 3. The van der Waals surface area contributed by atoms with Crippen LogP contribution >= 0.6 is 0 Å². The van der Waals surface area contributed by atoms with Gasteiger partial charge in [-0.05, 0) is 0 Å². The summed E-state index contributed by atoms with van der Waals surface area (Å²) < 4.78 is 11.9. The van der Waals surface area contributed by atoms with Crippen LogP contribution in [0.2, 0.25) is 0 Å². The number of rotatable bonds is 7. The Morgan fingerprint density at radius 3 is 2.93 bits per heavy atom. The minimum absolute atomic E-state index is 0.109. The first-order chi connectivity index (χ1) is 7.29. The third-order valence-electron chi connectivity index (χ3n) is 2.02. The summed E-state index contributed by atoms with van der Waals surface area (Å²) in [5.74, 6) is 5.42. The Labute approximate surface area is 88.5 Å². The van der Waals surface area contributed by atoms with E-state index in [0.717, 1.165) is 5.69 Å². The highest BCUT2D eigenvalue weighted by Gasteiger charge is 2.13. The molecule has 0 spiro atoms. The Balaban J connectivity index is 2.39. The van der Waals surface area contributed by atoms with E-state index in [4.69, 9.17) is 15.3 Å². The van der Waals surface area contributed by atoms with Crippen LogP contribution in [0.1, 0.15) is 11.7 Å². The molecule has 0 fully saturated rings. The lowest BCUT2D eigenvalue weighted by Gasteiger charge is -2.15. The number of aryl methyl sites for hydroxylation is 1. The average Bonchev–Trinajstić information content (AvgIpc) is 2.65.